The molecule has 0 saturated carbocycles. The van der Waals surface area contributed by atoms with Gasteiger partial charge >= 0.3 is 5.76 Å². The highest BCUT2D eigenvalue weighted by atomic mass is 35.5. The first-order chi connectivity index (χ1) is 14.8. The molecule has 5 nitrogen and oxygen atoms in total. The Labute approximate surface area is 184 Å². The number of fused-ring (bicyclic) bond motifs is 1. The maximum atomic E-state index is 13.3. The summed E-state index contributed by atoms with van der Waals surface area (Å²) in [5.74, 6) is 0.175. The number of hydrogen-bond donors (Lipinski definition) is 0. The van der Waals surface area contributed by atoms with Gasteiger partial charge < -0.3 is 9.15 Å². The number of hydrogen-bond acceptors (Lipinski definition) is 4. The van der Waals surface area contributed by atoms with E-state index >= 15 is 0 Å². The van der Waals surface area contributed by atoms with Crippen molar-refractivity contribution in [3.63, 3.8) is 0 Å². The summed E-state index contributed by atoms with van der Waals surface area (Å²) >= 11 is 6.08. The van der Waals surface area contributed by atoms with Crippen molar-refractivity contribution < 1.29 is 9.15 Å². The van der Waals surface area contributed by atoms with E-state index in [1.165, 1.54) is 12.1 Å². The molecule has 1 heterocycles. The molecule has 4 aromatic rings. The lowest BCUT2D eigenvalue weighted by Crippen LogP contribution is -2.31. The number of ether oxygens (including phenoxy) is 1. The van der Waals surface area contributed by atoms with Crippen LogP contribution in [0.5, 0.6) is 11.5 Å². The fourth-order valence-corrected chi connectivity index (χ4v) is 3.50. The van der Waals surface area contributed by atoms with Crippen molar-refractivity contribution in [3.05, 3.63) is 98.2 Å². The largest absolute Gasteiger partial charge is 0.455 e. The first kappa shape index (κ1) is 20.9. The molecular formula is C25H22ClNO4. The van der Waals surface area contributed by atoms with Crippen LogP contribution in [0.25, 0.3) is 16.7 Å². The molecule has 0 fully saturated rings. The zero-order chi connectivity index (χ0) is 22.2. The zero-order valence-electron chi connectivity index (χ0n) is 17.5. The van der Waals surface area contributed by atoms with Crippen molar-refractivity contribution in [2.75, 3.05) is 0 Å². The molecule has 0 saturated heterocycles. The Bertz CT molecular complexity index is 1370. The van der Waals surface area contributed by atoms with E-state index in [1.54, 1.807) is 24.3 Å². The van der Waals surface area contributed by atoms with Crippen LogP contribution in [0.4, 0.5) is 0 Å². The summed E-state index contributed by atoms with van der Waals surface area (Å²) in [7, 11) is 0. The van der Waals surface area contributed by atoms with Crippen LogP contribution in [0.15, 0.2) is 80.7 Å². The molecule has 0 amide bonds. The zero-order valence-corrected chi connectivity index (χ0v) is 18.3. The molecule has 0 aliphatic carbocycles. The molecule has 31 heavy (non-hydrogen) atoms. The first-order valence-corrected chi connectivity index (χ1v) is 10.4. The molecule has 0 aliphatic heterocycles. The van der Waals surface area contributed by atoms with E-state index in [9.17, 15) is 9.59 Å². The third-order valence-electron chi connectivity index (χ3n) is 5.59. The monoisotopic (exact) mass is 435 g/mol. The molecule has 158 valence electrons. The van der Waals surface area contributed by atoms with Crippen LogP contribution < -0.4 is 16.1 Å². The van der Waals surface area contributed by atoms with Gasteiger partial charge in [-0.1, -0.05) is 56.6 Å². The van der Waals surface area contributed by atoms with Crippen LogP contribution in [0.2, 0.25) is 5.02 Å². The first-order valence-electron chi connectivity index (χ1n) is 10.0. The third kappa shape index (κ3) is 4.01. The Balaban J connectivity index is 2.00. The Hall–Kier alpha value is -3.31. The van der Waals surface area contributed by atoms with Gasteiger partial charge in [0.25, 0.3) is 5.56 Å². The average molecular weight is 436 g/mol. The van der Waals surface area contributed by atoms with Crippen LogP contribution in [-0.4, -0.2) is 4.57 Å². The fraction of sp³-hybridized carbons (Fsp3) is 0.200. The summed E-state index contributed by atoms with van der Waals surface area (Å²) in [5.41, 5.74) is 0.806. The number of aromatic nitrogens is 1. The maximum absolute atomic E-state index is 13.3. The Morgan fingerprint density at radius 2 is 1.74 bits per heavy atom. The molecule has 0 bridgehead atoms. The van der Waals surface area contributed by atoms with Crippen LogP contribution in [0.1, 0.15) is 32.8 Å². The quantitative estimate of drug-likeness (QED) is 0.381. The van der Waals surface area contributed by atoms with Gasteiger partial charge in [0.15, 0.2) is 5.75 Å². The summed E-state index contributed by atoms with van der Waals surface area (Å²) in [6, 6.07) is 19.3. The summed E-state index contributed by atoms with van der Waals surface area (Å²) in [6.07, 6.45) is 0.877. The van der Waals surface area contributed by atoms with Gasteiger partial charge in [0.2, 0.25) is 0 Å². The molecule has 3 aromatic carbocycles. The summed E-state index contributed by atoms with van der Waals surface area (Å²) in [5, 5.41) is 0.601. The van der Waals surface area contributed by atoms with E-state index in [0.717, 1.165) is 16.6 Å². The third-order valence-corrected chi connectivity index (χ3v) is 5.83. The Morgan fingerprint density at radius 1 is 1.00 bits per heavy atom. The van der Waals surface area contributed by atoms with Crippen molar-refractivity contribution in [2.24, 2.45) is 0 Å². The molecule has 0 unspecified atom stereocenters. The summed E-state index contributed by atoms with van der Waals surface area (Å²) < 4.78 is 12.5. The molecule has 6 heteroatoms. The van der Waals surface area contributed by atoms with E-state index in [1.807, 2.05) is 30.3 Å². The van der Waals surface area contributed by atoms with Crippen LogP contribution in [-0.2, 0) is 5.41 Å². The predicted octanol–water partition coefficient (Wildman–Crippen LogP) is 6.08. The predicted molar refractivity (Wildman–Crippen MR) is 123 cm³/mol. The van der Waals surface area contributed by atoms with Gasteiger partial charge in [-0.15, -0.1) is 0 Å². The van der Waals surface area contributed by atoms with E-state index in [2.05, 4.69) is 20.8 Å². The van der Waals surface area contributed by atoms with E-state index in [0.29, 0.717) is 22.2 Å². The van der Waals surface area contributed by atoms with Crippen molar-refractivity contribution in [3.8, 4) is 17.2 Å². The van der Waals surface area contributed by atoms with Crippen LogP contribution >= 0.6 is 11.6 Å². The fourth-order valence-electron chi connectivity index (χ4n) is 3.33. The standard InChI is InChI=1S/C25H22ClNO4/c1-4-25(2,3)16-10-12-22(30-18-8-6-5-7-9-18)20(14-16)27-23(28)19-15-17(26)11-13-21(19)31-24(27)29/h5-15H,4H2,1-3H3. The second-order valence-electron chi connectivity index (χ2n) is 7.98. The molecule has 0 radical (unpaired) electrons. The van der Waals surface area contributed by atoms with Gasteiger partial charge in [0.05, 0.1) is 11.1 Å². The van der Waals surface area contributed by atoms with E-state index in [-0.39, 0.29) is 16.4 Å². The topological polar surface area (TPSA) is 61.4 Å². The van der Waals surface area contributed by atoms with Gasteiger partial charge in [-0.2, -0.15) is 0 Å². The molecule has 0 atom stereocenters. The minimum atomic E-state index is -0.788. The van der Waals surface area contributed by atoms with Crippen molar-refractivity contribution in [1.82, 2.24) is 4.57 Å². The van der Waals surface area contributed by atoms with Gasteiger partial charge in [0, 0.05) is 5.02 Å². The number of halogens is 1. The smallest absolute Gasteiger partial charge is 0.427 e. The Morgan fingerprint density at radius 3 is 2.45 bits per heavy atom. The highest BCUT2D eigenvalue weighted by molar-refractivity contribution is 6.31. The van der Waals surface area contributed by atoms with Crippen molar-refractivity contribution in [1.29, 1.82) is 0 Å². The molecule has 1 aromatic heterocycles. The molecule has 0 N–H and O–H groups in total. The molecule has 0 aliphatic rings. The number of para-hydroxylation sites is 1. The second-order valence-corrected chi connectivity index (χ2v) is 8.42. The van der Waals surface area contributed by atoms with Crippen LogP contribution in [0, 0.1) is 0 Å². The number of benzene rings is 3. The summed E-state index contributed by atoms with van der Waals surface area (Å²) in [6.45, 7) is 6.30. The lowest BCUT2D eigenvalue weighted by atomic mass is 9.82. The highest BCUT2D eigenvalue weighted by Gasteiger charge is 2.23. The average Bonchev–Trinajstić information content (AvgIpc) is 2.76. The van der Waals surface area contributed by atoms with E-state index < -0.39 is 11.3 Å². The van der Waals surface area contributed by atoms with Crippen LogP contribution in [0.3, 0.4) is 0 Å². The maximum Gasteiger partial charge on any atom is 0.427 e. The van der Waals surface area contributed by atoms with Gasteiger partial charge in [-0.3, -0.25) is 4.79 Å². The van der Waals surface area contributed by atoms with Gasteiger partial charge in [-0.25, -0.2) is 9.36 Å². The van der Waals surface area contributed by atoms with Gasteiger partial charge in [-0.05, 0) is 59.9 Å². The normalized spacial score (nSPS) is 11.6. The summed E-state index contributed by atoms with van der Waals surface area (Å²) in [4.78, 5) is 26.2. The van der Waals surface area contributed by atoms with Crippen molar-refractivity contribution in [2.45, 2.75) is 32.6 Å². The van der Waals surface area contributed by atoms with E-state index in [4.69, 9.17) is 20.8 Å². The SMILES string of the molecule is CCC(C)(C)c1ccc(Oc2ccccc2)c(-n2c(=O)oc3ccc(Cl)cc3c2=O)c1. The lowest BCUT2D eigenvalue weighted by Gasteiger charge is -2.25. The lowest BCUT2D eigenvalue weighted by molar-refractivity contribution is 0.463. The highest BCUT2D eigenvalue weighted by Crippen LogP contribution is 2.34. The van der Waals surface area contributed by atoms with Gasteiger partial charge in [0.1, 0.15) is 11.3 Å². The second kappa shape index (κ2) is 8.08. The molecular weight excluding hydrogens is 414 g/mol. The minimum absolute atomic E-state index is 0.163. The molecule has 0 spiro atoms. The Kier molecular flexibility index (Phi) is 5.46. The van der Waals surface area contributed by atoms with Crippen molar-refractivity contribution >= 4 is 22.6 Å². The minimum Gasteiger partial charge on any atom is -0.455 e. The molecule has 4 rings (SSSR count). The number of rotatable bonds is 5. The number of nitrogens with zero attached hydrogens (tertiary/aromatic N) is 1.